The highest BCUT2D eigenvalue weighted by Gasteiger charge is 2.54. The lowest BCUT2D eigenvalue weighted by molar-refractivity contribution is 0.742. The van der Waals surface area contributed by atoms with E-state index in [4.69, 9.17) is 15.0 Å². The van der Waals surface area contributed by atoms with Gasteiger partial charge in [-0.3, -0.25) is 0 Å². The van der Waals surface area contributed by atoms with Gasteiger partial charge < -0.3 is 4.90 Å². The zero-order chi connectivity index (χ0) is 44.5. The molecule has 3 atom stereocenters. The molecule has 0 saturated carbocycles. The van der Waals surface area contributed by atoms with E-state index in [9.17, 15) is 0 Å². The maximum Gasteiger partial charge on any atom is 0.164 e. The third-order valence-electron chi connectivity index (χ3n) is 15.2. The lowest BCUT2D eigenvalue weighted by atomic mass is 9.68. The van der Waals surface area contributed by atoms with Gasteiger partial charge in [-0.15, -0.1) is 0 Å². The van der Waals surface area contributed by atoms with Gasteiger partial charge in [-0.2, -0.15) is 0 Å². The van der Waals surface area contributed by atoms with Gasteiger partial charge in [0.15, 0.2) is 17.5 Å². The van der Waals surface area contributed by atoms with E-state index in [1.54, 1.807) is 0 Å². The van der Waals surface area contributed by atoms with Crippen molar-refractivity contribution < 1.29 is 0 Å². The predicted molar refractivity (Wildman–Crippen MR) is 278 cm³/mol. The van der Waals surface area contributed by atoms with E-state index in [1.165, 1.54) is 93.8 Å². The third kappa shape index (κ3) is 5.06. The Hall–Kier alpha value is -8.73. The number of anilines is 2. The van der Waals surface area contributed by atoms with E-state index in [0.29, 0.717) is 17.5 Å². The highest BCUT2D eigenvalue weighted by molar-refractivity contribution is 6.26. The molecule has 0 fully saturated rings. The number of hydrogen-bond acceptors (Lipinski definition) is 4. The molecule has 10 aromatic carbocycles. The van der Waals surface area contributed by atoms with Crippen LogP contribution < -0.4 is 4.90 Å². The molecule has 4 heteroatoms. The molecule has 2 heterocycles. The molecule has 0 saturated heterocycles. The van der Waals surface area contributed by atoms with E-state index in [1.807, 2.05) is 36.4 Å². The Kier molecular flexibility index (Phi) is 7.79. The molecule has 11 aromatic rings. The first-order valence-corrected chi connectivity index (χ1v) is 23.6. The molecule has 3 unspecified atom stereocenters. The fourth-order valence-electron chi connectivity index (χ4n) is 12.5. The number of nitrogens with zero attached hydrogens (tertiary/aromatic N) is 4. The predicted octanol–water partition coefficient (Wildman–Crippen LogP) is 15.4. The Bertz CT molecular complexity index is 3940. The van der Waals surface area contributed by atoms with Crippen LogP contribution in [-0.2, 0) is 5.41 Å². The van der Waals surface area contributed by atoms with Crippen LogP contribution in [0.3, 0.4) is 0 Å². The van der Waals surface area contributed by atoms with Crippen LogP contribution in [0.2, 0.25) is 0 Å². The molecule has 1 spiro atoms. The molecular weight excluding hydrogens is 825 g/mol. The van der Waals surface area contributed by atoms with Crippen molar-refractivity contribution in [2.45, 2.75) is 17.4 Å². The van der Waals surface area contributed by atoms with Crippen molar-refractivity contribution in [3.05, 3.63) is 258 Å². The summed E-state index contributed by atoms with van der Waals surface area (Å²) in [6.07, 6.45) is 9.17. The van der Waals surface area contributed by atoms with E-state index in [2.05, 4.69) is 199 Å². The van der Waals surface area contributed by atoms with Crippen molar-refractivity contribution in [1.29, 1.82) is 0 Å². The second-order valence-corrected chi connectivity index (χ2v) is 18.5. The summed E-state index contributed by atoms with van der Waals surface area (Å²) < 4.78 is 0. The number of fused-ring (bicyclic) bond motifs is 20. The molecule has 1 aliphatic heterocycles. The van der Waals surface area contributed by atoms with Crippen molar-refractivity contribution in [3.63, 3.8) is 0 Å². The van der Waals surface area contributed by atoms with Crippen LogP contribution in [0.25, 0.3) is 88.7 Å². The zero-order valence-electron chi connectivity index (χ0n) is 36.9. The lowest BCUT2D eigenvalue weighted by Crippen LogP contribution is -2.30. The van der Waals surface area contributed by atoms with Crippen LogP contribution >= 0.6 is 0 Å². The minimum Gasteiger partial charge on any atom is -0.333 e. The van der Waals surface area contributed by atoms with Gasteiger partial charge in [-0.05, 0) is 107 Å². The molecule has 1 aromatic heterocycles. The maximum absolute atomic E-state index is 5.29. The second kappa shape index (κ2) is 14.1. The minimum absolute atomic E-state index is 0.167. The van der Waals surface area contributed by atoms with Crippen LogP contribution in [0.1, 0.15) is 33.7 Å². The summed E-state index contributed by atoms with van der Waals surface area (Å²) in [5.41, 5.74) is 16.1. The number of para-hydroxylation sites is 1. The molecule has 0 radical (unpaired) electrons. The Morgan fingerprint density at radius 2 is 1.03 bits per heavy atom. The summed E-state index contributed by atoms with van der Waals surface area (Å²) in [7, 11) is 0. The zero-order valence-corrected chi connectivity index (χ0v) is 36.9. The molecule has 68 heavy (non-hydrogen) atoms. The summed E-state index contributed by atoms with van der Waals surface area (Å²) >= 11 is 0. The van der Waals surface area contributed by atoms with Gasteiger partial charge in [-0.1, -0.05) is 206 Å². The van der Waals surface area contributed by atoms with Crippen LogP contribution in [0.4, 0.5) is 11.4 Å². The molecule has 0 amide bonds. The number of benzene rings is 10. The van der Waals surface area contributed by atoms with Gasteiger partial charge in [0.2, 0.25) is 0 Å². The van der Waals surface area contributed by atoms with Crippen molar-refractivity contribution in [1.82, 2.24) is 15.0 Å². The number of rotatable bonds is 4. The lowest BCUT2D eigenvalue weighted by Gasteiger charge is -2.34. The van der Waals surface area contributed by atoms with Gasteiger partial charge in [0.25, 0.3) is 0 Å². The standard InChI is InChI=1S/C64H40N4/c1-3-18-40(19-4-1)61-65-62(41-20-5-2-6-21-41)67-63(66-61)42-32-34-46-47-36-33-43(68-56-29-15-12-24-48(56)49-25-13-16-30-57(49)68)38-55(47)64(54(46)37-42)53-28-14-11-27-52(53)59-50-26-10-9-23-45(50)51-35-31-39-17-7-8-22-44(39)58(51)60(59)64/h1-38,48,56H. The highest BCUT2D eigenvalue weighted by Crippen LogP contribution is 2.67. The van der Waals surface area contributed by atoms with Crippen molar-refractivity contribution in [2.75, 3.05) is 4.90 Å². The second-order valence-electron chi connectivity index (χ2n) is 18.5. The number of hydrogen-bond donors (Lipinski definition) is 0. The van der Waals surface area contributed by atoms with E-state index in [0.717, 1.165) is 16.7 Å². The van der Waals surface area contributed by atoms with Crippen molar-refractivity contribution >= 4 is 43.7 Å². The van der Waals surface area contributed by atoms with Crippen molar-refractivity contribution in [2.24, 2.45) is 0 Å². The first-order chi connectivity index (χ1) is 33.7. The smallest absolute Gasteiger partial charge is 0.164 e. The van der Waals surface area contributed by atoms with Gasteiger partial charge >= 0.3 is 0 Å². The van der Waals surface area contributed by atoms with Crippen molar-refractivity contribution in [3.8, 4) is 56.4 Å². The van der Waals surface area contributed by atoms with Gasteiger partial charge in [-0.25, -0.2) is 15.0 Å². The van der Waals surface area contributed by atoms with Gasteiger partial charge in [0.05, 0.1) is 11.5 Å². The molecule has 0 N–H and O–H groups in total. The number of allylic oxidation sites excluding steroid dienone is 2. The average molecular weight is 865 g/mol. The minimum atomic E-state index is -0.715. The fourth-order valence-corrected chi connectivity index (χ4v) is 12.5. The van der Waals surface area contributed by atoms with E-state index in [-0.39, 0.29) is 12.0 Å². The van der Waals surface area contributed by atoms with E-state index < -0.39 is 5.41 Å². The van der Waals surface area contributed by atoms with Gasteiger partial charge in [0, 0.05) is 34.0 Å². The Morgan fingerprint density at radius 3 is 1.82 bits per heavy atom. The first-order valence-electron chi connectivity index (χ1n) is 23.6. The fraction of sp³-hybridized carbons (Fsp3) is 0.0469. The third-order valence-corrected chi connectivity index (χ3v) is 15.2. The van der Waals surface area contributed by atoms with Crippen LogP contribution in [0.15, 0.2) is 231 Å². The molecule has 4 aliphatic rings. The molecule has 316 valence electrons. The van der Waals surface area contributed by atoms with Crippen LogP contribution in [0, 0.1) is 0 Å². The average Bonchev–Trinajstić information content (AvgIpc) is 4.02. The molecule has 3 aliphatic carbocycles. The molecular formula is C64H40N4. The number of aromatic nitrogens is 3. The first kappa shape index (κ1) is 37.5. The summed E-state index contributed by atoms with van der Waals surface area (Å²) in [4.78, 5) is 18.3. The monoisotopic (exact) mass is 864 g/mol. The Balaban J connectivity index is 1.07. The molecule has 4 nitrogen and oxygen atoms in total. The normalized spacial score (nSPS) is 17.9. The quantitative estimate of drug-likeness (QED) is 0.165. The molecule has 15 rings (SSSR count). The molecule has 0 bridgehead atoms. The van der Waals surface area contributed by atoms with Gasteiger partial charge in [0.1, 0.15) is 0 Å². The SMILES string of the molecule is C1=CC2c3ccccc3N(c3ccc4c(c3)C3(c5cc(-c6nc(-c7ccccc7)nc(-c7ccccc7)n6)ccc5-4)c4ccccc4-c4c3c3c5ccccc5ccc3c3ccccc43)C2C=C1. The maximum atomic E-state index is 5.29. The Morgan fingerprint density at radius 1 is 0.412 bits per heavy atom. The van der Waals surface area contributed by atoms with Crippen LogP contribution in [0.5, 0.6) is 0 Å². The summed E-state index contributed by atoms with van der Waals surface area (Å²) in [6, 6.07) is 75.9. The topological polar surface area (TPSA) is 41.9 Å². The summed E-state index contributed by atoms with van der Waals surface area (Å²) in [5.74, 6) is 2.21. The summed E-state index contributed by atoms with van der Waals surface area (Å²) in [6.45, 7) is 0. The van der Waals surface area contributed by atoms with E-state index >= 15 is 0 Å². The largest absolute Gasteiger partial charge is 0.333 e. The Labute approximate surface area is 393 Å². The summed E-state index contributed by atoms with van der Waals surface area (Å²) in [5, 5.41) is 7.59. The van der Waals surface area contributed by atoms with Crippen LogP contribution in [-0.4, -0.2) is 21.0 Å². The highest BCUT2D eigenvalue weighted by atomic mass is 15.2.